The van der Waals surface area contributed by atoms with Gasteiger partial charge in [0.25, 0.3) is 0 Å². The van der Waals surface area contributed by atoms with Crippen molar-refractivity contribution >= 4 is 22.3 Å². The molecule has 1 aromatic heterocycles. The first-order valence-corrected chi connectivity index (χ1v) is 5.65. The van der Waals surface area contributed by atoms with Crippen LogP contribution in [0.15, 0.2) is 48.7 Å². The molecule has 1 heterocycles. The van der Waals surface area contributed by atoms with Crippen LogP contribution in [0.2, 0.25) is 0 Å². The average Bonchev–Trinajstić information content (AvgIpc) is 2.83. The Balaban J connectivity index is 2.03. The molecule has 3 aromatic rings. The third-order valence-corrected chi connectivity index (χ3v) is 2.98. The van der Waals surface area contributed by atoms with Crippen molar-refractivity contribution in [3.8, 4) is 0 Å². The van der Waals surface area contributed by atoms with E-state index in [9.17, 15) is 0 Å². The molecule has 2 nitrogen and oxygen atoms in total. The number of hydrogen-bond donors (Lipinski definition) is 2. The van der Waals surface area contributed by atoms with E-state index in [-0.39, 0.29) is 0 Å². The maximum Gasteiger partial charge on any atom is 0.0464 e. The first-order valence-electron chi connectivity index (χ1n) is 5.65. The van der Waals surface area contributed by atoms with Gasteiger partial charge >= 0.3 is 0 Å². The van der Waals surface area contributed by atoms with E-state index >= 15 is 0 Å². The van der Waals surface area contributed by atoms with Gasteiger partial charge < -0.3 is 10.3 Å². The topological polar surface area (TPSA) is 27.8 Å². The zero-order valence-corrected chi connectivity index (χ0v) is 9.62. The first kappa shape index (κ1) is 9.97. The van der Waals surface area contributed by atoms with Gasteiger partial charge in [-0.1, -0.05) is 18.2 Å². The van der Waals surface area contributed by atoms with Gasteiger partial charge in [0.15, 0.2) is 0 Å². The van der Waals surface area contributed by atoms with Gasteiger partial charge in [0, 0.05) is 34.5 Å². The zero-order valence-electron chi connectivity index (χ0n) is 9.62. The van der Waals surface area contributed by atoms with E-state index in [1.165, 1.54) is 16.5 Å². The molecule has 2 aromatic carbocycles. The summed E-state index contributed by atoms with van der Waals surface area (Å²) in [5.74, 6) is 0. The van der Waals surface area contributed by atoms with Gasteiger partial charge in [0.05, 0.1) is 0 Å². The SMILES string of the molecule is Cc1c(Nc2[c]cccc2)ccc2[nH]ccc12. The molecule has 1 radical (unpaired) electrons. The molecule has 2 N–H and O–H groups in total. The Labute approximate surface area is 100 Å². The summed E-state index contributed by atoms with van der Waals surface area (Å²) in [6.07, 6.45) is 1.97. The molecule has 0 fully saturated rings. The summed E-state index contributed by atoms with van der Waals surface area (Å²) in [6.45, 7) is 2.13. The van der Waals surface area contributed by atoms with Gasteiger partial charge in [-0.05, 0) is 36.8 Å². The quantitative estimate of drug-likeness (QED) is 0.672. The Bertz CT molecular complexity index is 638. The molecule has 0 amide bonds. The number of aromatic amines is 1. The molecule has 0 bridgehead atoms. The van der Waals surface area contributed by atoms with E-state index < -0.39 is 0 Å². The molecule has 0 atom stereocenters. The van der Waals surface area contributed by atoms with Crippen LogP contribution in [0.25, 0.3) is 10.9 Å². The molecule has 0 aliphatic carbocycles. The summed E-state index contributed by atoms with van der Waals surface area (Å²) >= 11 is 0. The van der Waals surface area contributed by atoms with Crippen molar-refractivity contribution in [1.82, 2.24) is 4.98 Å². The number of fused-ring (bicyclic) bond motifs is 1. The van der Waals surface area contributed by atoms with Gasteiger partial charge in [-0.15, -0.1) is 0 Å². The molecule has 0 spiro atoms. The molecule has 0 saturated carbocycles. The monoisotopic (exact) mass is 221 g/mol. The number of para-hydroxylation sites is 1. The van der Waals surface area contributed by atoms with E-state index in [0.717, 1.165) is 11.4 Å². The molecular weight excluding hydrogens is 208 g/mol. The Morgan fingerprint density at radius 3 is 2.88 bits per heavy atom. The van der Waals surface area contributed by atoms with Gasteiger partial charge in [-0.3, -0.25) is 0 Å². The van der Waals surface area contributed by atoms with Crippen LogP contribution in [-0.4, -0.2) is 4.98 Å². The Morgan fingerprint density at radius 2 is 2.06 bits per heavy atom. The summed E-state index contributed by atoms with van der Waals surface area (Å²) < 4.78 is 0. The lowest BCUT2D eigenvalue weighted by molar-refractivity contribution is 1.45. The molecule has 0 aliphatic heterocycles. The summed E-state index contributed by atoms with van der Waals surface area (Å²) in [4.78, 5) is 3.22. The number of benzene rings is 2. The van der Waals surface area contributed by atoms with Crippen LogP contribution < -0.4 is 5.32 Å². The number of aromatic nitrogens is 1. The largest absolute Gasteiger partial charge is 0.361 e. The molecule has 83 valence electrons. The fourth-order valence-corrected chi connectivity index (χ4v) is 2.04. The summed E-state index contributed by atoms with van der Waals surface area (Å²) in [6, 6.07) is 17.3. The predicted octanol–water partition coefficient (Wildman–Crippen LogP) is 4.02. The molecular formula is C15H13N2. The van der Waals surface area contributed by atoms with Crippen LogP contribution >= 0.6 is 0 Å². The summed E-state index contributed by atoms with van der Waals surface area (Å²) in [5.41, 5.74) is 4.54. The highest BCUT2D eigenvalue weighted by atomic mass is 14.9. The fraction of sp³-hybridized carbons (Fsp3) is 0.0667. The van der Waals surface area contributed by atoms with Gasteiger partial charge in [-0.25, -0.2) is 0 Å². The van der Waals surface area contributed by atoms with Crippen LogP contribution in [0, 0.1) is 13.0 Å². The van der Waals surface area contributed by atoms with Crippen molar-refractivity contribution in [1.29, 1.82) is 0 Å². The van der Waals surface area contributed by atoms with E-state index in [4.69, 9.17) is 0 Å². The summed E-state index contributed by atoms with van der Waals surface area (Å²) in [5, 5.41) is 4.64. The van der Waals surface area contributed by atoms with Gasteiger partial charge in [0.1, 0.15) is 0 Å². The Hall–Kier alpha value is -2.22. The molecule has 3 rings (SSSR count). The first-order chi connectivity index (χ1) is 8.34. The summed E-state index contributed by atoms with van der Waals surface area (Å²) in [7, 11) is 0. The molecule has 2 heteroatoms. The minimum atomic E-state index is 0.991. The van der Waals surface area contributed by atoms with Crippen LogP contribution in [0.3, 0.4) is 0 Å². The smallest absolute Gasteiger partial charge is 0.0464 e. The van der Waals surface area contributed by atoms with Crippen LogP contribution in [0.4, 0.5) is 11.4 Å². The van der Waals surface area contributed by atoms with Crippen molar-refractivity contribution in [2.24, 2.45) is 0 Å². The Morgan fingerprint density at radius 1 is 1.12 bits per heavy atom. The third-order valence-electron chi connectivity index (χ3n) is 2.98. The number of H-pyrrole nitrogens is 1. The minimum absolute atomic E-state index is 0.991. The number of aryl methyl sites for hydroxylation is 1. The number of rotatable bonds is 2. The van der Waals surface area contributed by atoms with Crippen molar-refractivity contribution in [3.05, 3.63) is 60.3 Å². The molecule has 0 saturated heterocycles. The average molecular weight is 221 g/mol. The Kier molecular flexibility index (Phi) is 2.33. The second-order valence-electron chi connectivity index (χ2n) is 4.08. The highest BCUT2D eigenvalue weighted by Gasteiger charge is 2.04. The van der Waals surface area contributed by atoms with Crippen LogP contribution in [0.5, 0.6) is 0 Å². The van der Waals surface area contributed by atoms with E-state index in [1.807, 2.05) is 30.5 Å². The molecule has 0 aliphatic rings. The zero-order chi connectivity index (χ0) is 11.7. The highest BCUT2D eigenvalue weighted by Crippen LogP contribution is 2.26. The fourth-order valence-electron chi connectivity index (χ4n) is 2.04. The molecule has 0 unspecified atom stereocenters. The van der Waals surface area contributed by atoms with Crippen LogP contribution in [-0.2, 0) is 0 Å². The second-order valence-corrected chi connectivity index (χ2v) is 4.08. The van der Waals surface area contributed by atoms with E-state index in [0.29, 0.717) is 0 Å². The van der Waals surface area contributed by atoms with Crippen molar-refractivity contribution in [2.75, 3.05) is 5.32 Å². The lowest BCUT2D eigenvalue weighted by Gasteiger charge is -2.10. The van der Waals surface area contributed by atoms with E-state index in [1.54, 1.807) is 0 Å². The third kappa shape index (κ3) is 1.78. The van der Waals surface area contributed by atoms with Crippen molar-refractivity contribution in [3.63, 3.8) is 0 Å². The lowest BCUT2D eigenvalue weighted by Crippen LogP contribution is -1.93. The normalized spacial score (nSPS) is 10.6. The van der Waals surface area contributed by atoms with Crippen molar-refractivity contribution in [2.45, 2.75) is 6.92 Å². The van der Waals surface area contributed by atoms with E-state index in [2.05, 4.69) is 41.5 Å². The minimum Gasteiger partial charge on any atom is -0.361 e. The number of anilines is 2. The standard InChI is InChI=1S/C15H13N2/c1-11-13-9-10-16-15(13)8-7-14(11)17-12-5-3-2-4-6-12/h2-5,7-10,16-17H,1H3. The number of nitrogens with one attached hydrogen (secondary N) is 2. The maximum atomic E-state index is 3.38. The van der Waals surface area contributed by atoms with Crippen molar-refractivity contribution < 1.29 is 0 Å². The predicted molar refractivity (Wildman–Crippen MR) is 71.6 cm³/mol. The molecule has 17 heavy (non-hydrogen) atoms. The van der Waals surface area contributed by atoms with Gasteiger partial charge in [-0.2, -0.15) is 0 Å². The lowest BCUT2D eigenvalue weighted by atomic mass is 10.1. The van der Waals surface area contributed by atoms with Gasteiger partial charge in [0.2, 0.25) is 0 Å². The van der Waals surface area contributed by atoms with Crippen LogP contribution in [0.1, 0.15) is 5.56 Å². The maximum absolute atomic E-state index is 3.38. The highest BCUT2D eigenvalue weighted by molar-refractivity contribution is 5.88. The second kappa shape index (κ2) is 3.98. The number of hydrogen-bond acceptors (Lipinski definition) is 1.